The van der Waals surface area contributed by atoms with Gasteiger partial charge >= 0.3 is 0 Å². The summed E-state index contributed by atoms with van der Waals surface area (Å²) < 4.78 is 6.37. The number of hydrogen-bond acceptors (Lipinski definition) is 5. The van der Waals surface area contributed by atoms with E-state index in [1.807, 2.05) is 0 Å². The van der Waals surface area contributed by atoms with Gasteiger partial charge < -0.3 is 15.0 Å². The molecule has 8 nitrogen and oxygen atoms in total. The lowest BCUT2D eigenvalue weighted by atomic mass is 10.1. The fourth-order valence-corrected chi connectivity index (χ4v) is 3.05. The number of nitrogens with zero attached hydrogens (tertiary/aromatic N) is 3. The van der Waals surface area contributed by atoms with E-state index in [9.17, 15) is 14.4 Å². The van der Waals surface area contributed by atoms with E-state index in [0.29, 0.717) is 28.8 Å². The molecule has 0 aliphatic heterocycles. The number of amides is 2. The molecule has 1 N–H and O–H groups in total. The van der Waals surface area contributed by atoms with Crippen molar-refractivity contribution < 1.29 is 14.3 Å². The second-order valence-electron chi connectivity index (χ2n) is 6.39. The molecule has 29 heavy (non-hydrogen) atoms. The predicted octanol–water partition coefficient (Wildman–Crippen LogP) is 2.04. The summed E-state index contributed by atoms with van der Waals surface area (Å²) in [4.78, 5) is 39.3. The first-order valence-corrected chi connectivity index (χ1v) is 9.14. The number of likely N-dealkylation sites (N-methyl/N-ethyl adjacent to an activating group) is 1. The van der Waals surface area contributed by atoms with Gasteiger partial charge in [-0.1, -0.05) is 30.3 Å². The third-order valence-electron chi connectivity index (χ3n) is 4.54. The number of methoxy groups -OCH3 is 1. The molecule has 0 unspecified atom stereocenters. The molecule has 3 aromatic rings. The van der Waals surface area contributed by atoms with E-state index in [0.717, 1.165) is 4.68 Å². The van der Waals surface area contributed by atoms with Crippen LogP contribution < -0.4 is 15.6 Å². The minimum atomic E-state index is -0.422. The first-order chi connectivity index (χ1) is 14.0. The SMILES string of the molecule is CCN(CC(=O)Nc1ccccc1OC)C(=O)c1nn(C)c(=O)c2ccccc12. The van der Waals surface area contributed by atoms with Crippen LogP contribution in [0, 0.1) is 0 Å². The maximum atomic E-state index is 13.1. The highest BCUT2D eigenvalue weighted by Gasteiger charge is 2.23. The Hall–Kier alpha value is -3.68. The number of fused-ring (bicyclic) bond motifs is 1. The fraction of sp³-hybridized carbons (Fsp3) is 0.238. The minimum Gasteiger partial charge on any atom is -0.495 e. The number of carbonyl (C=O) groups is 2. The number of anilines is 1. The summed E-state index contributed by atoms with van der Waals surface area (Å²) in [7, 11) is 3.01. The highest BCUT2D eigenvalue weighted by atomic mass is 16.5. The molecule has 0 aliphatic carbocycles. The lowest BCUT2D eigenvalue weighted by Gasteiger charge is -2.21. The molecule has 0 aliphatic rings. The summed E-state index contributed by atoms with van der Waals surface area (Å²) in [5, 5.41) is 7.77. The van der Waals surface area contributed by atoms with Gasteiger partial charge in [0.15, 0.2) is 5.69 Å². The molecule has 0 atom stereocenters. The first kappa shape index (κ1) is 20.1. The number of hydrogen-bond donors (Lipinski definition) is 1. The zero-order valence-corrected chi connectivity index (χ0v) is 16.5. The normalized spacial score (nSPS) is 10.6. The molecule has 0 saturated heterocycles. The van der Waals surface area contributed by atoms with Crippen LogP contribution in [0.1, 0.15) is 17.4 Å². The molecular weight excluding hydrogens is 372 g/mol. The monoisotopic (exact) mass is 394 g/mol. The quantitative estimate of drug-likeness (QED) is 0.691. The molecule has 0 spiro atoms. The second kappa shape index (κ2) is 8.55. The van der Waals surface area contributed by atoms with E-state index in [1.165, 1.54) is 19.1 Å². The zero-order valence-electron chi connectivity index (χ0n) is 16.5. The summed E-state index contributed by atoms with van der Waals surface area (Å²) in [5.41, 5.74) is 0.373. The van der Waals surface area contributed by atoms with Crippen molar-refractivity contribution in [2.24, 2.45) is 7.05 Å². The highest BCUT2D eigenvalue weighted by molar-refractivity contribution is 6.06. The number of aryl methyl sites for hydroxylation is 1. The molecule has 1 heterocycles. The fourth-order valence-electron chi connectivity index (χ4n) is 3.05. The molecule has 0 bridgehead atoms. The van der Waals surface area contributed by atoms with Crippen molar-refractivity contribution in [2.75, 3.05) is 25.5 Å². The van der Waals surface area contributed by atoms with Crippen LogP contribution in [0.4, 0.5) is 5.69 Å². The molecule has 0 radical (unpaired) electrons. The van der Waals surface area contributed by atoms with Crippen LogP contribution in [0.5, 0.6) is 5.75 Å². The maximum Gasteiger partial charge on any atom is 0.275 e. The van der Waals surface area contributed by atoms with Crippen molar-refractivity contribution in [1.82, 2.24) is 14.7 Å². The van der Waals surface area contributed by atoms with E-state index in [4.69, 9.17) is 4.74 Å². The third kappa shape index (κ3) is 4.11. The smallest absolute Gasteiger partial charge is 0.275 e. The van der Waals surface area contributed by atoms with Crippen LogP contribution in [-0.2, 0) is 11.8 Å². The standard InChI is InChI=1S/C21H22N4O4/c1-4-25(13-18(26)22-16-11-7-8-12-17(16)29-3)21(28)19-14-9-5-6-10-15(14)20(27)24(2)23-19/h5-12H,4,13H2,1-3H3,(H,22,26). The van der Waals surface area contributed by atoms with E-state index in [2.05, 4.69) is 10.4 Å². The average Bonchev–Trinajstić information content (AvgIpc) is 2.74. The van der Waals surface area contributed by atoms with Crippen LogP contribution in [0.15, 0.2) is 53.3 Å². The number of rotatable bonds is 6. The molecule has 3 rings (SSSR count). The Balaban J connectivity index is 1.86. The van der Waals surface area contributed by atoms with E-state index < -0.39 is 5.91 Å². The van der Waals surface area contributed by atoms with E-state index in [1.54, 1.807) is 55.5 Å². The van der Waals surface area contributed by atoms with Crippen molar-refractivity contribution in [3.05, 3.63) is 64.6 Å². The van der Waals surface area contributed by atoms with Gasteiger partial charge in [0.2, 0.25) is 5.91 Å². The average molecular weight is 394 g/mol. The largest absolute Gasteiger partial charge is 0.495 e. The van der Waals surface area contributed by atoms with Crippen molar-refractivity contribution >= 4 is 28.3 Å². The Morgan fingerprint density at radius 1 is 1.10 bits per heavy atom. The van der Waals surface area contributed by atoms with Crippen molar-refractivity contribution in [1.29, 1.82) is 0 Å². The number of ether oxygens (including phenoxy) is 1. The lowest BCUT2D eigenvalue weighted by molar-refractivity contribution is -0.116. The van der Waals surface area contributed by atoms with Gasteiger partial charge in [-0.05, 0) is 25.1 Å². The molecule has 0 fully saturated rings. The molecule has 1 aromatic heterocycles. The molecule has 2 aromatic carbocycles. The topological polar surface area (TPSA) is 93.5 Å². The van der Waals surface area contributed by atoms with E-state index >= 15 is 0 Å². The highest BCUT2D eigenvalue weighted by Crippen LogP contribution is 2.23. The number of nitrogens with one attached hydrogen (secondary N) is 1. The Morgan fingerprint density at radius 2 is 1.76 bits per heavy atom. The van der Waals surface area contributed by atoms with Crippen LogP contribution in [0.25, 0.3) is 10.8 Å². The van der Waals surface area contributed by atoms with Crippen LogP contribution in [-0.4, -0.2) is 46.7 Å². The Labute approximate surface area is 167 Å². The maximum absolute atomic E-state index is 13.1. The Kier molecular flexibility index (Phi) is 5.92. The van der Waals surface area contributed by atoms with Gasteiger partial charge in [-0.15, -0.1) is 0 Å². The molecular formula is C21H22N4O4. The molecule has 8 heteroatoms. The third-order valence-corrected chi connectivity index (χ3v) is 4.54. The molecule has 2 amide bonds. The van der Waals surface area contributed by atoms with Crippen molar-refractivity contribution in [2.45, 2.75) is 6.92 Å². The lowest BCUT2D eigenvalue weighted by Crippen LogP contribution is -2.39. The first-order valence-electron chi connectivity index (χ1n) is 9.14. The molecule has 150 valence electrons. The minimum absolute atomic E-state index is 0.134. The Morgan fingerprint density at radius 3 is 2.45 bits per heavy atom. The summed E-state index contributed by atoms with van der Waals surface area (Å²) in [6.45, 7) is 1.92. The zero-order chi connectivity index (χ0) is 21.0. The van der Waals surface area contributed by atoms with Crippen molar-refractivity contribution in [3.8, 4) is 5.75 Å². The summed E-state index contributed by atoms with van der Waals surface area (Å²) >= 11 is 0. The van der Waals surface area contributed by atoms with Crippen LogP contribution in [0.2, 0.25) is 0 Å². The second-order valence-corrected chi connectivity index (χ2v) is 6.39. The predicted molar refractivity (Wildman–Crippen MR) is 110 cm³/mol. The number of aromatic nitrogens is 2. The van der Waals surface area contributed by atoms with Crippen LogP contribution in [0.3, 0.4) is 0 Å². The molecule has 0 saturated carbocycles. The van der Waals surface area contributed by atoms with Crippen LogP contribution >= 0.6 is 0 Å². The van der Waals surface area contributed by atoms with Crippen molar-refractivity contribution in [3.63, 3.8) is 0 Å². The summed E-state index contributed by atoms with van der Waals surface area (Å²) in [6.07, 6.45) is 0. The number of para-hydroxylation sites is 2. The summed E-state index contributed by atoms with van der Waals surface area (Å²) in [5.74, 6) is -0.255. The van der Waals surface area contributed by atoms with Gasteiger partial charge in [-0.25, -0.2) is 4.68 Å². The summed E-state index contributed by atoms with van der Waals surface area (Å²) in [6, 6.07) is 13.8. The van der Waals surface area contributed by atoms with Gasteiger partial charge in [-0.2, -0.15) is 5.10 Å². The van der Waals surface area contributed by atoms with E-state index in [-0.39, 0.29) is 23.7 Å². The van der Waals surface area contributed by atoms with Gasteiger partial charge in [-0.3, -0.25) is 14.4 Å². The number of benzene rings is 2. The van der Waals surface area contributed by atoms with Gasteiger partial charge in [0.05, 0.1) is 18.2 Å². The van der Waals surface area contributed by atoms with Gasteiger partial charge in [0.1, 0.15) is 12.3 Å². The van der Waals surface area contributed by atoms with Gasteiger partial charge in [0.25, 0.3) is 11.5 Å². The Bertz CT molecular complexity index is 1120. The van der Waals surface area contributed by atoms with Gasteiger partial charge in [0, 0.05) is 19.0 Å². The number of carbonyl (C=O) groups excluding carboxylic acids is 2.